The summed E-state index contributed by atoms with van der Waals surface area (Å²) in [5.74, 6) is 2.31. The van der Waals surface area contributed by atoms with Gasteiger partial charge in [-0.25, -0.2) is 9.97 Å². The Hall–Kier alpha value is -3.22. The third-order valence-corrected chi connectivity index (χ3v) is 6.41. The van der Waals surface area contributed by atoms with E-state index in [2.05, 4.69) is 20.3 Å². The number of Topliss-reactive ketones (excluding diaryl/α,β-unsaturated/α-hetero) is 1. The molecule has 1 aliphatic carbocycles. The molecule has 0 spiro atoms. The van der Waals surface area contributed by atoms with Crippen LogP contribution < -0.4 is 10.2 Å². The van der Waals surface area contributed by atoms with E-state index in [0.717, 1.165) is 40.3 Å². The van der Waals surface area contributed by atoms with Crippen LogP contribution in [0.25, 0.3) is 10.9 Å². The molecule has 36 heavy (non-hydrogen) atoms. The lowest BCUT2D eigenvalue weighted by Gasteiger charge is -2.21. The van der Waals surface area contributed by atoms with Crippen molar-refractivity contribution in [3.8, 4) is 0 Å². The first kappa shape index (κ1) is 29.0. The Morgan fingerprint density at radius 3 is 2.25 bits per heavy atom. The van der Waals surface area contributed by atoms with E-state index in [1.807, 2.05) is 77.9 Å². The van der Waals surface area contributed by atoms with E-state index in [0.29, 0.717) is 17.2 Å². The fourth-order valence-electron chi connectivity index (χ4n) is 4.74. The summed E-state index contributed by atoms with van der Waals surface area (Å²) in [6, 6.07) is 8.06. The van der Waals surface area contributed by atoms with Crippen molar-refractivity contribution < 1.29 is 9.59 Å². The lowest BCUT2D eigenvalue weighted by Crippen LogP contribution is -2.30. The summed E-state index contributed by atoms with van der Waals surface area (Å²) in [4.78, 5) is 37.7. The van der Waals surface area contributed by atoms with Gasteiger partial charge in [-0.05, 0) is 64.2 Å². The lowest BCUT2D eigenvalue weighted by molar-refractivity contribution is 0.0938. The minimum absolute atomic E-state index is 0.00239. The largest absolute Gasteiger partial charge is 0.362 e. The average Bonchev–Trinajstić information content (AvgIpc) is 3.18. The van der Waals surface area contributed by atoms with E-state index in [4.69, 9.17) is 0 Å². The Morgan fingerprint density at radius 1 is 1.03 bits per heavy atom. The highest BCUT2D eigenvalue weighted by atomic mass is 16.2. The number of fused-ring (bicyclic) bond motifs is 1. The van der Waals surface area contributed by atoms with E-state index in [1.165, 1.54) is 39.0 Å². The van der Waals surface area contributed by atoms with Crippen LogP contribution in [-0.2, 0) is 0 Å². The Bertz CT molecular complexity index is 1160. The molecule has 0 saturated heterocycles. The van der Waals surface area contributed by atoms with E-state index in [-0.39, 0.29) is 11.7 Å². The molecule has 1 aromatic carbocycles. The summed E-state index contributed by atoms with van der Waals surface area (Å²) < 4.78 is 0. The molecule has 1 saturated carbocycles. The maximum absolute atomic E-state index is 12.2. The molecule has 0 aliphatic heterocycles. The predicted molar refractivity (Wildman–Crippen MR) is 149 cm³/mol. The van der Waals surface area contributed by atoms with Gasteiger partial charge in [0, 0.05) is 37.3 Å². The predicted octanol–water partition coefficient (Wildman–Crippen LogP) is 6.17. The van der Waals surface area contributed by atoms with Gasteiger partial charge >= 0.3 is 0 Å². The van der Waals surface area contributed by atoms with Gasteiger partial charge in [-0.3, -0.25) is 9.59 Å². The fraction of sp³-hybridized carbons (Fsp3) is 0.517. The SMILES string of the molecule is CC.CC(=O)c1c(C)[nH]c(C(=O)NCC2CCCCC2)c1C.Cc1nc(N(C)C)c2ccccc2n1. The highest BCUT2D eigenvalue weighted by Gasteiger charge is 2.21. The number of amides is 1. The van der Waals surface area contributed by atoms with Gasteiger partial charge in [-0.1, -0.05) is 45.2 Å². The summed E-state index contributed by atoms with van der Waals surface area (Å²) in [5, 5.41) is 4.11. The van der Waals surface area contributed by atoms with Crippen LogP contribution >= 0.6 is 0 Å². The summed E-state index contributed by atoms with van der Waals surface area (Å²) in [6.07, 6.45) is 6.29. The summed E-state index contributed by atoms with van der Waals surface area (Å²) in [5.41, 5.74) is 3.72. The number of benzene rings is 1. The number of aromatic amines is 1. The number of nitrogens with one attached hydrogen (secondary N) is 2. The van der Waals surface area contributed by atoms with Crippen LogP contribution in [0.4, 0.5) is 5.82 Å². The number of carbonyl (C=O) groups is 2. The molecule has 196 valence electrons. The minimum Gasteiger partial charge on any atom is -0.362 e. The van der Waals surface area contributed by atoms with E-state index in [9.17, 15) is 9.59 Å². The number of ketones is 1. The summed E-state index contributed by atoms with van der Waals surface area (Å²) >= 11 is 0. The molecule has 2 aromatic heterocycles. The third kappa shape index (κ3) is 7.39. The maximum atomic E-state index is 12.2. The Labute approximate surface area is 216 Å². The van der Waals surface area contributed by atoms with Crippen molar-refractivity contribution >= 4 is 28.4 Å². The zero-order chi connectivity index (χ0) is 26.8. The van der Waals surface area contributed by atoms with Gasteiger partial charge in [-0.2, -0.15) is 0 Å². The molecule has 2 heterocycles. The van der Waals surface area contributed by atoms with Gasteiger partial charge < -0.3 is 15.2 Å². The smallest absolute Gasteiger partial charge is 0.268 e. The van der Waals surface area contributed by atoms with Crippen LogP contribution in [-0.4, -0.2) is 47.3 Å². The van der Waals surface area contributed by atoms with Crippen LogP contribution in [0.3, 0.4) is 0 Å². The molecule has 0 bridgehead atoms. The Morgan fingerprint density at radius 2 is 1.67 bits per heavy atom. The summed E-state index contributed by atoms with van der Waals surface area (Å²) in [6.45, 7) is 11.9. The Kier molecular flexibility index (Phi) is 11.1. The number of anilines is 1. The van der Waals surface area contributed by atoms with Crippen LogP contribution in [0.15, 0.2) is 24.3 Å². The maximum Gasteiger partial charge on any atom is 0.268 e. The van der Waals surface area contributed by atoms with Crippen molar-refractivity contribution in [2.75, 3.05) is 25.5 Å². The average molecular weight is 494 g/mol. The number of para-hydroxylation sites is 1. The van der Waals surface area contributed by atoms with Gasteiger partial charge in [0.25, 0.3) is 5.91 Å². The van der Waals surface area contributed by atoms with Gasteiger partial charge in [0.05, 0.1) is 5.52 Å². The second kappa shape index (κ2) is 13.8. The molecule has 1 amide bonds. The van der Waals surface area contributed by atoms with Crippen molar-refractivity contribution in [1.82, 2.24) is 20.3 Å². The Balaban J connectivity index is 0.000000250. The van der Waals surface area contributed by atoms with Crippen molar-refractivity contribution in [1.29, 1.82) is 0 Å². The second-order valence-electron chi connectivity index (χ2n) is 9.40. The molecule has 4 rings (SSSR count). The van der Waals surface area contributed by atoms with Crippen LogP contribution in [0.2, 0.25) is 0 Å². The van der Waals surface area contributed by atoms with E-state index >= 15 is 0 Å². The number of hydrogen-bond donors (Lipinski definition) is 2. The molecule has 7 heteroatoms. The third-order valence-electron chi connectivity index (χ3n) is 6.41. The van der Waals surface area contributed by atoms with Gasteiger partial charge in [0.1, 0.15) is 17.3 Å². The fourth-order valence-corrected chi connectivity index (χ4v) is 4.74. The molecular weight excluding hydrogens is 450 g/mol. The zero-order valence-corrected chi connectivity index (χ0v) is 23.3. The quantitative estimate of drug-likeness (QED) is 0.415. The minimum atomic E-state index is -0.0938. The molecule has 0 unspecified atom stereocenters. The van der Waals surface area contributed by atoms with E-state index in [1.54, 1.807) is 0 Å². The van der Waals surface area contributed by atoms with Crippen LogP contribution in [0.5, 0.6) is 0 Å². The molecule has 0 radical (unpaired) electrons. The molecule has 2 N–H and O–H groups in total. The van der Waals surface area contributed by atoms with Gasteiger partial charge in [0.15, 0.2) is 5.78 Å². The number of carbonyl (C=O) groups excluding carboxylic acids is 2. The molecule has 1 aliphatic rings. The number of H-pyrrole nitrogens is 1. The molecular formula is C29H43N5O2. The van der Waals surface area contributed by atoms with Gasteiger partial charge in [-0.15, -0.1) is 0 Å². The van der Waals surface area contributed by atoms with Gasteiger partial charge in [0.2, 0.25) is 0 Å². The number of nitrogens with zero attached hydrogens (tertiary/aromatic N) is 3. The number of rotatable bonds is 5. The first-order valence-electron chi connectivity index (χ1n) is 13.1. The standard InChI is InChI=1S/C16H24N2O2.C11H13N3.C2H6/c1-10-14(12(3)19)11(2)18-15(10)16(20)17-9-13-7-5-4-6-8-13;1-8-12-10-7-5-4-6-9(10)11(13-8)14(2)3;1-2/h13,18H,4-9H2,1-3H3,(H,17,20);4-7H,1-3H3;1-2H3. The lowest BCUT2D eigenvalue weighted by atomic mass is 9.89. The second-order valence-corrected chi connectivity index (χ2v) is 9.40. The number of aryl methyl sites for hydroxylation is 2. The highest BCUT2D eigenvalue weighted by molar-refractivity contribution is 6.02. The first-order valence-corrected chi connectivity index (χ1v) is 13.1. The molecule has 3 aromatic rings. The van der Waals surface area contributed by atoms with Crippen LogP contribution in [0.1, 0.15) is 90.8 Å². The zero-order valence-electron chi connectivity index (χ0n) is 23.3. The normalized spacial score (nSPS) is 13.2. The van der Waals surface area contributed by atoms with Crippen molar-refractivity contribution in [3.05, 3.63) is 52.6 Å². The summed E-state index contributed by atoms with van der Waals surface area (Å²) in [7, 11) is 3.99. The first-order chi connectivity index (χ1) is 17.2. The number of hydrogen-bond acceptors (Lipinski definition) is 5. The van der Waals surface area contributed by atoms with Crippen molar-refractivity contribution in [3.63, 3.8) is 0 Å². The van der Waals surface area contributed by atoms with Crippen molar-refractivity contribution in [2.45, 2.75) is 73.6 Å². The highest BCUT2D eigenvalue weighted by Crippen LogP contribution is 2.24. The van der Waals surface area contributed by atoms with Crippen molar-refractivity contribution in [2.24, 2.45) is 5.92 Å². The molecule has 0 atom stereocenters. The number of aromatic nitrogens is 3. The monoisotopic (exact) mass is 493 g/mol. The molecule has 1 fully saturated rings. The molecule has 7 nitrogen and oxygen atoms in total. The topological polar surface area (TPSA) is 91.0 Å². The van der Waals surface area contributed by atoms with E-state index < -0.39 is 0 Å². The van der Waals surface area contributed by atoms with Crippen LogP contribution in [0, 0.1) is 26.7 Å².